The number of rotatable bonds is 4. The molecule has 0 saturated heterocycles. The van der Waals surface area contributed by atoms with E-state index in [-0.39, 0.29) is 0 Å². The number of halogens is 1. The lowest BCUT2D eigenvalue weighted by atomic mass is 10.0. The highest BCUT2D eigenvalue weighted by Gasteiger charge is 2.13. The Hall–Kier alpha value is -0.810. The van der Waals surface area contributed by atoms with E-state index in [4.69, 9.17) is 4.42 Å². The van der Waals surface area contributed by atoms with Crippen molar-refractivity contribution in [2.75, 3.05) is 7.05 Å². The molecule has 1 N–H and O–H groups in total. The van der Waals surface area contributed by atoms with Gasteiger partial charge in [-0.2, -0.15) is 0 Å². The quantitative estimate of drug-likeness (QED) is 0.871. The highest BCUT2D eigenvalue weighted by molar-refractivity contribution is 14.1. The summed E-state index contributed by atoms with van der Waals surface area (Å²) in [6.07, 6.45) is 2.60. The van der Waals surface area contributed by atoms with Gasteiger partial charge >= 0.3 is 0 Å². The van der Waals surface area contributed by atoms with E-state index in [1.54, 1.807) is 6.26 Å². The first-order chi connectivity index (χ1) is 7.81. The van der Waals surface area contributed by atoms with Gasteiger partial charge in [-0.3, -0.25) is 0 Å². The maximum atomic E-state index is 5.38. The van der Waals surface area contributed by atoms with Crippen LogP contribution in [0.5, 0.6) is 0 Å². The molecule has 3 heteroatoms. The highest BCUT2D eigenvalue weighted by Crippen LogP contribution is 2.23. The van der Waals surface area contributed by atoms with Crippen molar-refractivity contribution in [1.29, 1.82) is 0 Å². The van der Waals surface area contributed by atoms with Crippen LogP contribution in [-0.2, 0) is 6.42 Å². The lowest BCUT2D eigenvalue weighted by molar-refractivity contribution is 0.465. The minimum Gasteiger partial charge on any atom is -0.469 e. The first-order valence-corrected chi connectivity index (χ1v) is 6.33. The summed E-state index contributed by atoms with van der Waals surface area (Å²) in [7, 11) is 1.98. The standard InChI is InChI=1S/C13H14INO/c1-15-13(9-10-5-4-8-16-10)11-6-2-3-7-12(11)14/h2-8,13,15H,9H2,1H3. The summed E-state index contributed by atoms with van der Waals surface area (Å²) in [6.45, 7) is 0. The fourth-order valence-electron chi connectivity index (χ4n) is 1.76. The van der Waals surface area contributed by atoms with Crippen LogP contribution < -0.4 is 5.32 Å². The van der Waals surface area contributed by atoms with Gasteiger partial charge in [0, 0.05) is 16.0 Å². The molecule has 0 radical (unpaired) electrons. The third kappa shape index (κ3) is 2.65. The van der Waals surface area contributed by atoms with Crippen LogP contribution in [0.2, 0.25) is 0 Å². The van der Waals surface area contributed by atoms with Crippen molar-refractivity contribution < 1.29 is 4.42 Å². The van der Waals surface area contributed by atoms with Crippen molar-refractivity contribution in [1.82, 2.24) is 5.32 Å². The molecule has 1 aromatic carbocycles. The first kappa shape index (κ1) is 11.7. The van der Waals surface area contributed by atoms with Crippen LogP contribution in [0.15, 0.2) is 47.1 Å². The molecule has 2 aromatic rings. The van der Waals surface area contributed by atoms with Crippen LogP contribution in [0.3, 0.4) is 0 Å². The molecule has 0 amide bonds. The van der Waals surface area contributed by atoms with Gasteiger partial charge < -0.3 is 9.73 Å². The van der Waals surface area contributed by atoms with Gasteiger partial charge in [0.1, 0.15) is 5.76 Å². The van der Waals surface area contributed by atoms with Crippen LogP contribution in [0.4, 0.5) is 0 Å². The van der Waals surface area contributed by atoms with Crippen LogP contribution >= 0.6 is 22.6 Å². The fraction of sp³-hybridized carbons (Fsp3) is 0.231. The van der Waals surface area contributed by atoms with Gasteiger partial charge in [0.2, 0.25) is 0 Å². The lowest BCUT2D eigenvalue weighted by Gasteiger charge is -2.16. The summed E-state index contributed by atoms with van der Waals surface area (Å²) in [5, 5.41) is 3.33. The molecule has 0 aliphatic carbocycles. The van der Waals surface area contributed by atoms with E-state index in [0.717, 1.165) is 12.2 Å². The lowest BCUT2D eigenvalue weighted by Crippen LogP contribution is -2.19. The fourth-order valence-corrected chi connectivity index (χ4v) is 2.52. The van der Waals surface area contributed by atoms with Crippen molar-refractivity contribution in [3.63, 3.8) is 0 Å². The average molecular weight is 327 g/mol. The average Bonchev–Trinajstić information content (AvgIpc) is 2.80. The normalized spacial score (nSPS) is 12.6. The summed E-state index contributed by atoms with van der Waals surface area (Å²) in [5.41, 5.74) is 1.32. The van der Waals surface area contributed by atoms with Gasteiger partial charge in [-0.25, -0.2) is 0 Å². The van der Waals surface area contributed by atoms with E-state index >= 15 is 0 Å². The Morgan fingerprint density at radius 3 is 2.69 bits per heavy atom. The molecule has 2 rings (SSSR count). The summed E-state index contributed by atoms with van der Waals surface area (Å²) >= 11 is 2.37. The maximum Gasteiger partial charge on any atom is 0.105 e. The molecule has 84 valence electrons. The van der Waals surface area contributed by atoms with Crippen molar-refractivity contribution >= 4 is 22.6 Å². The Balaban J connectivity index is 2.20. The molecule has 0 bridgehead atoms. The smallest absolute Gasteiger partial charge is 0.105 e. The van der Waals surface area contributed by atoms with Crippen molar-refractivity contribution in [2.24, 2.45) is 0 Å². The Kier molecular flexibility index (Phi) is 4.01. The number of likely N-dealkylation sites (N-methyl/N-ethyl adjacent to an activating group) is 1. The third-order valence-corrected chi connectivity index (χ3v) is 3.60. The molecule has 1 aromatic heterocycles. The van der Waals surface area contributed by atoms with Crippen molar-refractivity contribution in [3.8, 4) is 0 Å². The molecular weight excluding hydrogens is 313 g/mol. The number of hydrogen-bond acceptors (Lipinski definition) is 2. The Morgan fingerprint density at radius 1 is 1.25 bits per heavy atom. The molecule has 2 nitrogen and oxygen atoms in total. The predicted molar refractivity (Wildman–Crippen MR) is 73.4 cm³/mol. The Bertz CT molecular complexity index is 439. The molecule has 0 aliphatic rings. The molecule has 1 heterocycles. The van der Waals surface area contributed by atoms with E-state index in [2.05, 4.69) is 52.2 Å². The second-order valence-electron chi connectivity index (χ2n) is 3.65. The van der Waals surface area contributed by atoms with E-state index in [0.29, 0.717) is 6.04 Å². The Morgan fingerprint density at radius 2 is 2.06 bits per heavy atom. The van der Waals surface area contributed by atoms with Gasteiger partial charge in [0.05, 0.1) is 6.26 Å². The zero-order valence-corrected chi connectivity index (χ0v) is 11.3. The molecule has 1 atom stereocenters. The Labute approximate surface area is 109 Å². The van der Waals surface area contributed by atoms with Gasteiger partial charge in [-0.15, -0.1) is 0 Å². The summed E-state index contributed by atoms with van der Waals surface area (Å²) < 4.78 is 6.67. The van der Waals surface area contributed by atoms with E-state index < -0.39 is 0 Å². The molecular formula is C13H14INO. The molecule has 0 saturated carbocycles. The first-order valence-electron chi connectivity index (χ1n) is 5.25. The molecule has 1 unspecified atom stereocenters. The SMILES string of the molecule is CNC(Cc1ccco1)c1ccccc1I. The second kappa shape index (κ2) is 5.50. The molecule has 0 fully saturated rings. The summed E-state index contributed by atoms with van der Waals surface area (Å²) in [5.74, 6) is 1.01. The molecule has 0 aliphatic heterocycles. The van der Waals surface area contributed by atoms with Gasteiger partial charge in [0.15, 0.2) is 0 Å². The summed E-state index contributed by atoms with van der Waals surface area (Å²) in [6, 6.07) is 12.7. The molecule has 0 spiro atoms. The minimum atomic E-state index is 0.305. The van der Waals surface area contributed by atoms with E-state index in [9.17, 15) is 0 Å². The predicted octanol–water partition coefficient (Wildman–Crippen LogP) is 3.39. The second-order valence-corrected chi connectivity index (χ2v) is 4.81. The third-order valence-electron chi connectivity index (χ3n) is 2.61. The van der Waals surface area contributed by atoms with Crippen molar-refractivity contribution in [3.05, 3.63) is 57.6 Å². The number of benzene rings is 1. The van der Waals surface area contributed by atoms with Crippen LogP contribution in [0.25, 0.3) is 0 Å². The monoisotopic (exact) mass is 327 g/mol. The van der Waals surface area contributed by atoms with Crippen LogP contribution in [0, 0.1) is 3.57 Å². The zero-order chi connectivity index (χ0) is 11.4. The van der Waals surface area contributed by atoms with E-state index in [1.807, 2.05) is 19.2 Å². The number of nitrogens with one attached hydrogen (secondary N) is 1. The summed E-state index contributed by atoms with van der Waals surface area (Å²) in [4.78, 5) is 0. The zero-order valence-electron chi connectivity index (χ0n) is 9.11. The van der Waals surface area contributed by atoms with E-state index in [1.165, 1.54) is 9.13 Å². The van der Waals surface area contributed by atoms with Crippen LogP contribution in [-0.4, -0.2) is 7.05 Å². The van der Waals surface area contributed by atoms with Crippen molar-refractivity contribution in [2.45, 2.75) is 12.5 Å². The van der Waals surface area contributed by atoms with Gasteiger partial charge in [0.25, 0.3) is 0 Å². The van der Waals surface area contributed by atoms with Gasteiger partial charge in [-0.1, -0.05) is 18.2 Å². The number of hydrogen-bond donors (Lipinski definition) is 1. The van der Waals surface area contributed by atoms with Gasteiger partial charge in [-0.05, 0) is 53.4 Å². The topological polar surface area (TPSA) is 25.2 Å². The number of furan rings is 1. The van der Waals surface area contributed by atoms with Crippen LogP contribution in [0.1, 0.15) is 17.4 Å². The molecule has 16 heavy (non-hydrogen) atoms. The highest BCUT2D eigenvalue weighted by atomic mass is 127. The minimum absolute atomic E-state index is 0.305. The largest absolute Gasteiger partial charge is 0.469 e. The maximum absolute atomic E-state index is 5.38.